The van der Waals surface area contributed by atoms with Gasteiger partial charge in [0.15, 0.2) is 6.10 Å². The third-order valence-electron chi connectivity index (χ3n) is 4.02. The van der Waals surface area contributed by atoms with Crippen molar-refractivity contribution in [2.75, 3.05) is 0 Å². The quantitative estimate of drug-likeness (QED) is 0.552. The summed E-state index contributed by atoms with van der Waals surface area (Å²) in [6.07, 6.45) is -0.958. The van der Waals surface area contributed by atoms with Crippen LogP contribution in [0.3, 0.4) is 0 Å². The molecule has 0 aliphatic carbocycles. The highest BCUT2D eigenvalue weighted by atomic mass is 16.6. The van der Waals surface area contributed by atoms with E-state index in [9.17, 15) is 14.7 Å². The van der Waals surface area contributed by atoms with Gasteiger partial charge in [-0.15, -0.1) is 0 Å². The normalized spacial score (nSPS) is 16.4. The number of hydrogen-bond donors (Lipinski definition) is 1. The third-order valence-corrected chi connectivity index (χ3v) is 4.02. The molecule has 2 aromatic carbocycles. The summed E-state index contributed by atoms with van der Waals surface area (Å²) in [5.41, 5.74) is 1.37. The Morgan fingerprint density at radius 3 is 2.70 bits per heavy atom. The van der Waals surface area contributed by atoms with Crippen LogP contribution in [0.1, 0.15) is 33.2 Å². The summed E-state index contributed by atoms with van der Waals surface area (Å²) in [6.45, 7) is 1.87. The van der Waals surface area contributed by atoms with Crippen LogP contribution >= 0.6 is 0 Å². The number of fused-ring (bicyclic) bond motifs is 2. The first-order valence-electron chi connectivity index (χ1n) is 7.12. The Kier molecular flexibility index (Phi) is 2.78. The lowest BCUT2D eigenvalue weighted by atomic mass is 9.98. The zero-order valence-corrected chi connectivity index (χ0v) is 12.2. The van der Waals surface area contributed by atoms with Crippen molar-refractivity contribution in [3.8, 4) is 5.75 Å². The van der Waals surface area contributed by atoms with Crippen LogP contribution in [0.2, 0.25) is 0 Å². The Labute approximate surface area is 130 Å². The minimum atomic E-state index is -0.958. The van der Waals surface area contributed by atoms with Gasteiger partial charge in [0.25, 0.3) is 0 Å². The molecule has 4 rings (SSSR count). The Morgan fingerprint density at radius 1 is 1.09 bits per heavy atom. The lowest BCUT2D eigenvalue weighted by molar-refractivity contribution is 0.0448. The van der Waals surface area contributed by atoms with Gasteiger partial charge in [0, 0.05) is 5.56 Å². The molecule has 0 bridgehead atoms. The third kappa shape index (κ3) is 1.93. The van der Waals surface area contributed by atoms with Crippen molar-refractivity contribution in [3.05, 3.63) is 75.1 Å². The lowest BCUT2D eigenvalue weighted by Crippen LogP contribution is -2.14. The van der Waals surface area contributed by atoms with Gasteiger partial charge in [-0.1, -0.05) is 29.8 Å². The summed E-state index contributed by atoms with van der Waals surface area (Å²) in [5.74, 6) is -0.733. The largest absolute Gasteiger partial charge is 0.506 e. The zero-order valence-electron chi connectivity index (χ0n) is 12.2. The van der Waals surface area contributed by atoms with Crippen molar-refractivity contribution in [1.82, 2.24) is 0 Å². The minimum absolute atomic E-state index is 0.0543. The maximum atomic E-state index is 12.3. The van der Waals surface area contributed by atoms with Crippen LogP contribution < -0.4 is 5.63 Å². The monoisotopic (exact) mass is 308 g/mol. The molecule has 1 aliphatic rings. The molecule has 0 radical (unpaired) electrons. The topological polar surface area (TPSA) is 76.7 Å². The van der Waals surface area contributed by atoms with Crippen LogP contribution in [0.5, 0.6) is 5.75 Å². The van der Waals surface area contributed by atoms with Gasteiger partial charge in [-0.05, 0) is 25.1 Å². The molecule has 0 saturated heterocycles. The number of aryl methyl sites for hydroxylation is 1. The van der Waals surface area contributed by atoms with Crippen LogP contribution in [0.25, 0.3) is 11.0 Å². The number of carbonyl (C=O) groups excluding carboxylic acids is 1. The van der Waals surface area contributed by atoms with Crippen LogP contribution in [-0.4, -0.2) is 11.1 Å². The van der Waals surface area contributed by atoms with Gasteiger partial charge in [-0.25, -0.2) is 9.59 Å². The average molecular weight is 308 g/mol. The van der Waals surface area contributed by atoms with Crippen molar-refractivity contribution in [1.29, 1.82) is 0 Å². The highest BCUT2D eigenvalue weighted by molar-refractivity contribution is 5.95. The molecule has 2 heterocycles. The number of benzene rings is 2. The fourth-order valence-electron chi connectivity index (χ4n) is 2.91. The molecule has 0 amide bonds. The molecule has 114 valence electrons. The second kappa shape index (κ2) is 4.71. The molecule has 1 unspecified atom stereocenters. The summed E-state index contributed by atoms with van der Waals surface area (Å²) in [7, 11) is 0. The fourth-order valence-corrected chi connectivity index (χ4v) is 2.91. The number of ether oxygens (including phenoxy) is 1. The van der Waals surface area contributed by atoms with Gasteiger partial charge in [0.2, 0.25) is 0 Å². The van der Waals surface area contributed by atoms with E-state index in [1.54, 1.807) is 42.5 Å². The highest BCUT2D eigenvalue weighted by Gasteiger charge is 2.36. The van der Waals surface area contributed by atoms with Gasteiger partial charge in [0.1, 0.15) is 16.9 Å². The van der Waals surface area contributed by atoms with E-state index in [4.69, 9.17) is 9.15 Å². The van der Waals surface area contributed by atoms with E-state index < -0.39 is 17.7 Å². The molecule has 3 aromatic rings. The number of hydrogen-bond acceptors (Lipinski definition) is 5. The van der Waals surface area contributed by atoms with Gasteiger partial charge >= 0.3 is 11.6 Å². The van der Waals surface area contributed by atoms with Crippen molar-refractivity contribution >= 4 is 16.9 Å². The Balaban J connectivity index is 2.00. The van der Waals surface area contributed by atoms with Gasteiger partial charge in [0.05, 0.1) is 10.9 Å². The number of rotatable bonds is 1. The molecular weight excluding hydrogens is 296 g/mol. The summed E-state index contributed by atoms with van der Waals surface area (Å²) >= 11 is 0. The molecule has 0 saturated carbocycles. The molecule has 0 fully saturated rings. The Hall–Kier alpha value is -3.08. The SMILES string of the molecule is Cc1ccc2oc(=O)c(C3OC(=O)c4ccccc43)c(O)c2c1. The number of esters is 1. The van der Waals surface area contributed by atoms with E-state index in [1.165, 1.54) is 0 Å². The van der Waals surface area contributed by atoms with E-state index in [2.05, 4.69) is 0 Å². The smallest absolute Gasteiger partial charge is 0.347 e. The standard InChI is InChI=1S/C18H12O5/c1-9-6-7-13-12(8-9)15(19)14(18(21)22-13)16-10-4-2-3-5-11(10)17(20)23-16/h2-8,16,19H,1H3. The van der Waals surface area contributed by atoms with Crippen molar-refractivity contribution < 1.29 is 19.1 Å². The van der Waals surface area contributed by atoms with Crippen LogP contribution in [0, 0.1) is 6.92 Å². The Bertz CT molecular complexity index is 1020. The maximum absolute atomic E-state index is 12.3. The van der Waals surface area contributed by atoms with Crippen LogP contribution in [0.4, 0.5) is 0 Å². The van der Waals surface area contributed by atoms with Crippen molar-refractivity contribution in [2.24, 2.45) is 0 Å². The van der Waals surface area contributed by atoms with E-state index in [0.717, 1.165) is 5.56 Å². The van der Waals surface area contributed by atoms with Crippen LogP contribution in [0.15, 0.2) is 51.7 Å². The van der Waals surface area contributed by atoms with Gasteiger partial charge in [-0.3, -0.25) is 0 Å². The summed E-state index contributed by atoms with van der Waals surface area (Å²) in [5, 5.41) is 11.0. The number of carbonyl (C=O) groups is 1. The van der Waals surface area contributed by atoms with E-state index in [0.29, 0.717) is 22.1 Å². The van der Waals surface area contributed by atoms with E-state index in [-0.39, 0.29) is 11.3 Å². The van der Waals surface area contributed by atoms with Gasteiger partial charge in [-0.2, -0.15) is 0 Å². The highest BCUT2D eigenvalue weighted by Crippen LogP contribution is 2.40. The summed E-state index contributed by atoms with van der Waals surface area (Å²) in [6, 6.07) is 11.9. The maximum Gasteiger partial charge on any atom is 0.347 e. The van der Waals surface area contributed by atoms with Crippen molar-refractivity contribution in [3.63, 3.8) is 0 Å². The average Bonchev–Trinajstić information content (AvgIpc) is 2.86. The molecule has 1 aromatic heterocycles. The lowest BCUT2D eigenvalue weighted by Gasteiger charge is -2.13. The number of cyclic esters (lactones) is 1. The molecule has 5 heteroatoms. The molecule has 1 aliphatic heterocycles. The van der Waals surface area contributed by atoms with Crippen LogP contribution in [-0.2, 0) is 4.74 Å². The predicted molar refractivity (Wildman–Crippen MR) is 82.6 cm³/mol. The molecule has 1 atom stereocenters. The first-order valence-corrected chi connectivity index (χ1v) is 7.12. The predicted octanol–water partition coefficient (Wildman–Crippen LogP) is 3.07. The van der Waals surface area contributed by atoms with E-state index in [1.807, 2.05) is 6.92 Å². The second-order valence-electron chi connectivity index (χ2n) is 5.52. The molecule has 23 heavy (non-hydrogen) atoms. The van der Waals surface area contributed by atoms with Crippen molar-refractivity contribution in [2.45, 2.75) is 13.0 Å². The van der Waals surface area contributed by atoms with E-state index >= 15 is 0 Å². The molecule has 1 N–H and O–H groups in total. The first kappa shape index (κ1) is 13.6. The second-order valence-corrected chi connectivity index (χ2v) is 5.52. The Morgan fingerprint density at radius 2 is 1.87 bits per heavy atom. The first-order chi connectivity index (χ1) is 11.1. The van der Waals surface area contributed by atoms with Gasteiger partial charge < -0.3 is 14.3 Å². The summed E-state index contributed by atoms with van der Waals surface area (Å²) in [4.78, 5) is 24.3. The molecule has 0 spiro atoms. The zero-order chi connectivity index (χ0) is 16.1. The summed E-state index contributed by atoms with van der Waals surface area (Å²) < 4.78 is 10.6. The minimum Gasteiger partial charge on any atom is -0.506 e. The fraction of sp³-hybridized carbons (Fsp3) is 0.111. The molecule has 5 nitrogen and oxygen atoms in total. The molecular formula is C18H12O5. The number of aromatic hydroxyl groups is 1.